The Balaban J connectivity index is 2.26. The predicted molar refractivity (Wildman–Crippen MR) is 83.9 cm³/mol. The molecule has 0 saturated carbocycles. The monoisotopic (exact) mass is 346 g/mol. The highest BCUT2D eigenvalue weighted by atomic mass is 79.9. The Bertz CT molecular complexity index is 779. The summed E-state index contributed by atoms with van der Waals surface area (Å²) in [6.45, 7) is 0. The Morgan fingerprint density at radius 3 is 2.52 bits per heavy atom. The number of hydrogen-bond acceptors (Lipinski definition) is 3. The van der Waals surface area contributed by atoms with Crippen LogP contribution in [-0.4, -0.2) is 14.8 Å². The highest BCUT2D eigenvalue weighted by Crippen LogP contribution is 2.36. The number of hydrogen-bond donors (Lipinski definition) is 1. The minimum atomic E-state index is -0.329. The maximum absolute atomic E-state index is 13.6. The fourth-order valence-corrected chi connectivity index (χ4v) is 2.70. The van der Waals surface area contributed by atoms with Crippen LogP contribution in [0.3, 0.4) is 0 Å². The van der Waals surface area contributed by atoms with Crippen LogP contribution in [0.1, 0.15) is 0 Å². The summed E-state index contributed by atoms with van der Waals surface area (Å²) < 4.78 is 15.9. The van der Waals surface area contributed by atoms with Crippen molar-refractivity contribution in [2.75, 3.05) is 5.73 Å². The summed E-state index contributed by atoms with van der Waals surface area (Å²) in [5, 5.41) is 4.42. The van der Waals surface area contributed by atoms with Gasteiger partial charge < -0.3 is 5.73 Å². The van der Waals surface area contributed by atoms with E-state index >= 15 is 0 Å². The van der Waals surface area contributed by atoms with E-state index in [9.17, 15) is 4.39 Å². The molecule has 4 nitrogen and oxygen atoms in total. The van der Waals surface area contributed by atoms with Crippen molar-refractivity contribution in [3.05, 3.63) is 53.0 Å². The van der Waals surface area contributed by atoms with Crippen LogP contribution in [0, 0.1) is 5.82 Å². The molecule has 3 rings (SSSR count). The van der Waals surface area contributed by atoms with Crippen LogP contribution in [0.25, 0.3) is 22.4 Å². The minimum absolute atomic E-state index is 0.329. The van der Waals surface area contributed by atoms with Crippen molar-refractivity contribution in [3.8, 4) is 22.4 Å². The van der Waals surface area contributed by atoms with Crippen molar-refractivity contribution in [3.63, 3.8) is 0 Å². The molecule has 1 aromatic carbocycles. The van der Waals surface area contributed by atoms with Crippen LogP contribution in [0.5, 0.6) is 0 Å². The van der Waals surface area contributed by atoms with Gasteiger partial charge in [0.15, 0.2) is 0 Å². The minimum Gasteiger partial charge on any atom is -0.383 e. The van der Waals surface area contributed by atoms with E-state index in [-0.39, 0.29) is 5.82 Å². The first kappa shape index (κ1) is 13.8. The molecule has 6 heteroatoms. The van der Waals surface area contributed by atoms with E-state index in [4.69, 9.17) is 5.73 Å². The van der Waals surface area contributed by atoms with E-state index < -0.39 is 0 Å². The summed E-state index contributed by atoms with van der Waals surface area (Å²) in [6.07, 6.45) is 3.38. The standard InChI is InChI=1S/C15H12BrFN4/c1-21-15(18)13(9-2-4-19-5-3-9)14(20-21)10-6-11(16)8-12(17)7-10/h2-8H,18H2,1H3. The molecule has 0 aliphatic carbocycles. The second kappa shape index (κ2) is 5.29. The molecule has 0 radical (unpaired) electrons. The number of rotatable bonds is 2. The third-order valence-electron chi connectivity index (χ3n) is 3.20. The summed E-state index contributed by atoms with van der Waals surface area (Å²) in [5.41, 5.74) is 9.10. The highest BCUT2D eigenvalue weighted by molar-refractivity contribution is 9.10. The molecular weight excluding hydrogens is 335 g/mol. The summed E-state index contributed by atoms with van der Waals surface area (Å²) in [5.74, 6) is 0.195. The van der Waals surface area contributed by atoms with Gasteiger partial charge in [-0.2, -0.15) is 5.10 Å². The Labute approximate surface area is 129 Å². The molecule has 0 bridgehead atoms. The molecule has 0 atom stereocenters. The van der Waals surface area contributed by atoms with Gasteiger partial charge in [-0.3, -0.25) is 9.67 Å². The molecule has 2 aromatic heterocycles. The quantitative estimate of drug-likeness (QED) is 0.770. The van der Waals surface area contributed by atoms with Gasteiger partial charge in [-0.25, -0.2) is 4.39 Å². The zero-order valence-corrected chi connectivity index (χ0v) is 12.8. The van der Waals surface area contributed by atoms with Crippen LogP contribution >= 0.6 is 15.9 Å². The van der Waals surface area contributed by atoms with Crippen molar-refractivity contribution < 1.29 is 4.39 Å². The highest BCUT2D eigenvalue weighted by Gasteiger charge is 2.18. The van der Waals surface area contributed by atoms with Gasteiger partial charge in [-0.05, 0) is 35.9 Å². The molecule has 2 N–H and O–H groups in total. The van der Waals surface area contributed by atoms with E-state index in [2.05, 4.69) is 26.0 Å². The smallest absolute Gasteiger partial charge is 0.129 e. The molecule has 0 aliphatic heterocycles. The van der Waals surface area contributed by atoms with E-state index in [1.807, 2.05) is 18.2 Å². The maximum Gasteiger partial charge on any atom is 0.129 e. The summed E-state index contributed by atoms with van der Waals surface area (Å²) >= 11 is 3.30. The number of benzene rings is 1. The number of nitrogens with zero attached hydrogens (tertiary/aromatic N) is 3. The SMILES string of the molecule is Cn1nc(-c2cc(F)cc(Br)c2)c(-c2ccncc2)c1N. The van der Waals surface area contributed by atoms with Crippen LogP contribution < -0.4 is 5.73 Å². The number of aromatic nitrogens is 3. The van der Waals surface area contributed by atoms with Gasteiger partial charge in [0.2, 0.25) is 0 Å². The number of halogens is 2. The van der Waals surface area contributed by atoms with Crippen molar-refractivity contribution in [2.24, 2.45) is 7.05 Å². The van der Waals surface area contributed by atoms with E-state index in [0.717, 1.165) is 11.1 Å². The second-order valence-electron chi connectivity index (χ2n) is 4.63. The van der Waals surface area contributed by atoms with Gasteiger partial charge in [0.05, 0.1) is 5.56 Å². The van der Waals surface area contributed by atoms with Gasteiger partial charge in [-0.1, -0.05) is 15.9 Å². The van der Waals surface area contributed by atoms with Crippen molar-refractivity contribution in [2.45, 2.75) is 0 Å². The number of nitrogens with two attached hydrogens (primary N) is 1. The lowest BCUT2D eigenvalue weighted by Crippen LogP contribution is -1.97. The van der Waals surface area contributed by atoms with Crippen LogP contribution in [0.4, 0.5) is 10.2 Å². The van der Waals surface area contributed by atoms with Gasteiger partial charge in [0.1, 0.15) is 17.3 Å². The Hall–Kier alpha value is -2.21. The molecule has 0 spiro atoms. The first-order valence-corrected chi connectivity index (χ1v) is 7.05. The Kier molecular flexibility index (Phi) is 3.47. The summed E-state index contributed by atoms with van der Waals surface area (Å²) in [4.78, 5) is 4.00. The van der Waals surface area contributed by atoms with Crippen molar-refractivity contribution in [1.29, 1.82) is 0 Å². The number of pyridine rings is 1. The Morgan fingerprint density at radius 1 is 1.14 bits per heavy atom. The average molecular weight is 347 g/mol. The molecular formula is C15H12BrFN4. The molecule has 21 heavy (non-hydrogen) atoms. The van der Waals surface area contributed by atoms with Crippen LogP contribution in [-0.2, 0) is 7.05 Å². The molecule has 0 aliphatic rings. The lowest BCUT2D eigenvalue weighted by molar-refractivity contribution is 0.627. The van der Waals surface area contributed by atoms with Crippen LogP contribution in [0.2, 0.25) is 0 Å². The van der Waals surface area contributed by atoms with E-state index in [1.54, 1.807) is 24.1 Å². The summed E-state index contributed by atoms with van der Waals surface area (Å²) in [7, 11) is 1.76. The zero-order chi connectivity index (χ0) is 15.0. The third-order valence-corrected chi connectivity index (χ3v) is 3.65. The largest absolute Gasteiger partial charge is 0.383 e. The molecule has 3 aromatic rings. The number of aryl methyl sites for hydroxylation is 1. The molecule has 106 valence electrons. The van der Waals surface area contributed by atoms with Gasteiger partial charge in [0, 0.05) is 29.5 Å². The summed E-state index contributed by atoms with van der Waals surface area (Å²) in [6, 6.07) is 8.37. The van der Waals surface area contributed by atoms with Gasteiger partial charge in [-0.15, -0.1) is 0 Å². The molecule has 0 saturated heterocycles. The molecule has 2 heterocycles. The lowest BCUT2D eigenvalue weighted by atomic mass is 10.0. The fraction of sp³-hybridized carbons (Fsp3) is 0.0667. The first-order valence-electron chi connectivity index (χ1n) is 6.25. The predicted octanol–water partition coefficient (Wildman–Crippen LogP) is 3.63. The average Bonchev–Trinajstić information content (AvgIpc) is 2.75. The lowest BCUT2D eigenvalue weighted by Gasteiger charge is -2.05. The van der Waals surface area contributed by atoms with Crippen molar-refractivity contribution >= 4 is 21.7 Å². The topological polar surface area (TPSA) is 56.7 Å². The fourth-order valence-electron chi connectivity index (χ4n) is 2.23. The number of anilines is 1. The zero-order valence-electron chi connectivity index (χ0n) is 11.2. The second-order valence-corrected chi connectivity index (χ2v) is 5.54. The molecule has 0 fully saturated rings. The van der Waals surface area contributed by atoms with Crippen LogP contribution in [0.15, 0.2) is 47.2 Å². The van der Waals surface area contributed by atoms with E-state index in [0.29, 0.717) is 21.5 Å². The maximum atomic E-state index is 13.6. The van der Waals surface area contributed by atoms with Gasteiger partial charge >= 0.3 is 0 Å². The molecule has 0 amide bonds. The van der Waals surface area contributed by atoms with E-state index in [1.165, 1.54) is 12.1 Å². The normalized spacial score (nSPS) is 10.8. The number of nitrogen functional groups attached to an aromatic ring is 1. The van der Waals surface area contributed by atoms with Crippen molar-refractivity contribution in [1.82, 2.24) is 14.8 Å². The van der Waals surface area contributed by atoms with Gasteiger partial charge in [0.25, 0.3) is 0 Å². The molecule has 0 unspecified atom stereocenters. The first-order chi connectivity index (χ1) is 10.1. The third kappa shape index (κ3) is 2.54. The Morgan fingerprint density at radius 2 is 1.86 bits per heavy atom.